The number of amides is 1. The van der Waals surface area contributed by atoms with Crippen molar-refractivity contribution in [2.24, 2.45) is 12.8 Å². The summed E-state index contributed by atoms with van der Waals surface area (Å²) in [5.41, 5.74) is 5.81. The van der Waals surface area contributed by atoms with Crippen molar-refractivity contribution in [2.75, 3.05) is 13.1 Å². The van der Waals surface area contributed by atoms with Crippen molar-refractivity contribution >= 4 is 5.91 Å². The van der Waals surface area contributed by atoms with Gasteiger partial charge in [-0.1, -0.05) is 0 Å². The van der Waals surface area contributed by atoms with Gasteiger partial charge in [-0.3, -0.25) is 9.59 Å². The molecule has 2 rings (SSSR count). The lowest BCUT2D eigenvalue weighted by Gasteiger charge is -2.22. The summed E-state index contributed by atoms with van der Waals surface area (Å²) in [6.45, 7) is 1.25. The van der Waals surface area contributed by atoms with Gasteiger partial charge in [0, 0.05) is 37.5 Å². The van der Waals surface area contributed by atoms with Crippen molar-refractivity contribution in [3.63, 3.8) is 0 Å². The van der Waals surface area contributed by atoms with Crippen LogP contribution in [0.15, 0.2) is 23.1 Å². The molecule has 1 amide bonds. The van der Waals surface area contributed by atoms with Crippen LogP contribution in [0, 0.1) is 0 Å². The first-order chi connectivity index (χ1) is 8.63. The predicted molar refractivity (Wildman–Crippen MR) is 69.4 cm³/mol. The Morgan fingerprint density at radius 2 is 2.28 bits per heavy atom. The van der Waals surface area contributed by atoms with Crippen molar-refractivity contribution in [1.29, 1.82) is 0 Å². The number of rotatable bonds is 5. The molecule has 1 aromatic rings. The van der Waals surface area contributed by atoms with E-state index in [2.05, 4.69) is 0 Å². The molecule has 1 fully saturated rings. The number of aryl methyl sites for hydroxylation is 1. The van der Waals surface area contributed by atoms with Gasteiger partial charge < -0.3 is 15.2 Å². The topological polar surface area (TPSA) is 68.3 Å². The Kier molecular flexibility index (Phi) is 3.81. The van der Waals surface area contributed by atoms with Crippen LogP contribution in [0.4, 0.5) is 0 Å². The molecule has 1 aromatic heterocycles. The molecule has 0 atom stereocenters. The smallest absolute Gasteiger partial charge is 0.254 e. The van der Waals surface area contributed by atoms with Crippen molar-refractivity contribution in [1.82, 2.24) is 9.47 Å². The molecule has 1 saturated carbocycles. The summed E-state index contributed by atoms with van der Waals surface area (Å²) in [6, 6.07) is 3.44. The number of hydrogen-bond acceptors (Lipinski definition) is 3. The predicted octanol–water partition coefficient (Wildman–Crippen LogP) is 0.339. The average Bonchev–Trinajstić information content (AvgIpc) is 3.17. The van der Waals surface area contributed by atoms with Gasteiger partial charge in [-0.25, -0.2) is 0 Å². The van der Waals surface area contributed by atoms with E-state index in [0.29, 0.717) is 24.7 Å². The van der Waals surface area contributed by atoms with E-state index in [1.54, 1.807) is 19.3 Å². The molecule has 0 radical (unpaired) electrons. The average molecular weight is 249 g/mol. The highest BCUT2D eigenvalue weighted by Gasteiger charge is 2.32. The number of hydrogen-bond donors (Lipinski definition) is 1. The monoisotopic (exact) mass is 249 g/mol. The fourth-order valence-corrected chi connectivity index (χ4v) is 1.95. The van der Waals surface area contributed by atoms with Crippen LogP contribution in [0.1, 0.15) is 29.6 Å². The molecule has 0 aromatic carbocycles. The van der Waals surface area contributed by atoms with E-state index >= 15 is 0 Å². The summed E-state index contributed by atoms with van der Waals surface area (Å²) in [4.78, 5) is 25.7. The first-order valence-electron chi connectivity index (χ1n) is 6.31. The molecule has 1 aliphatic rings. The van der Waals surface area contributed by atoms with Gasteiger partial charge in [0.15, 0.2) is 0 Å². The number of pyridine rings is 1. The molecule has 1 heterocycles. The van der Waals surface area contributed by atoms with Crippen molar-refractivity contribution in [3.05, 3.63) is 34.2 Å². The Hall–Kier alpha value is -1.62. The zero-order valence-corrected chi connectivity index (χ0v) is 10.6. The lowest BCUT2D eigenvalue weighted by molar-refractivity contribution is 0.0742. The lowest BCUT2D eigenvalue weighted by Crippen LogP contribution is -2.35. The van der Waals surface area contributed by atoms with E-state index in [9.17, 15) is 9.59 Å². The maximum Gasteiger partial charge on any atom is 0.254 e. The highest BCUT2D eigenvalue weighted by atomic mass is 16.2. The van der Waals surface area contributed by atoms with Crippen LogP contribution in [0.25, 0.3) is 0 Å². The minimum Gasteiger partial charge on any atom is -0.336 e. The fourth-order valence-electron chi connectivity index (χ4n) is 1.95. The third-order valence-electron chi connectivity index (χ3n) is 3.20. The van der Waals surface area contributed by atoms with Gasteiger partial charge in [0.25, 0.3) is 11.5 Å². The third-order valence-corrected chi connectivity index (χ3v) is 3.20. The minimum absolute atomic E-state index is 0.0522. The van der Waals surface area contributed by atoms with Crippen LogP contribution in [-0.4, -0.2) is 34.5 Å². The molecule has 18 heavy (non-hydrogen) atoms. The molecule has 5 heteroatoms. The summed E-state index contributed by atoms with van der Waals surface area (Å²) in [5.74, 6) is -0.0522. The van der Waals surface area contributed by atoms with E-state index in [1.165, 1.54) is 10.6 Å². The Balaban J connectivity index is 2.16. The van der Waals surface area contributed by atoms with Gasteiger partial charge in [0.2, 0.25) is 0 Å². The van der Waals surface area contributed by atoms with Crippen LogP contribution in [0.2, 0.25) is 0 Å². The first kappa shape index (κ1) is 12.8. The zero-order valence-electron chi connectivity index (χ0n) is 10.6. The number of nitrogens with zero attached hydrogens (tertiary/aromatic N) is 2. The van der Waals surface area contributed by atoms with Crippen LogP contribution in [-0.2, 0) is 7.05 Å². The molecule has 1 aliphatic carbocycles. The summed E-state index contributed by atoms with van der Waals surface area (Å²) in [5, 5.41) is 0. The van der Waals surface area contributed by atoms with Gasteiger partial charge in [0.05, 0.1) is 0 Å². The summed E-state index contributed by atoms with van der Waals surface area (Å²) in [6.07, 6.45) is 4.54. The SMILES string of the molecule is Cn1ccc(C(=O)N(CCCN)C2CC2)cc1=O. The zero-order chi connectivity index (χ0) is 13.1. The Labute approximate surface area is 106 Å². The van der Waals surface area contributed by atoms with Gasteiger partial charge >= 0.3 is 0 Å². The van der Waals surface area contributed by atoms with Crippen LogP contribution < -0.4 is 11.3 Å². The van der Waals surface area contributed by atoms with Crippen molar-refractivity contribution in [2.45, 2.75) is 25.3 Å². The summed E-state index contributed by atoms with van der Waals surface area (Å²) in [7, 11) is 1.67. The van der Waals surface area contributed by atoms with E-state index in [1.807, 2.05) is 4.90 Å². The molecule has 0 unspecified atom stereocenters. The number of aromatic nitrogens is 1. The van der Waals surface area contributed by atoms with E-state index in [0.717, 1.165) is 19.3 Å². The Morgan fingerprint density at radius 3 is 2.83 bits per heavy atom. The number of carbonyl (C=O) groups excluding carboxylic acids is 1. The molecule has 2 N–H and O–H groups in total. The maximum absolute atomic E-state index is 12.3. The van der Waals surface area contributed by atoms with Gasteiger partial charge in [-0.05, 0) is 31.9 Å². The highest BCUT2D eigenvalue weighted by molar-refractivity contribution is 5.94. The van der Waals surface area contributed by atoms with E-state index in [4.69, 9.17) is 5.73 Å². The molecule has 0 saturated heterocycles. The number of carbonyl (C=O) groups is 1. The first-order valence-corrected chi connectivity index (χ1v) is 6.31. The summed E-state index contributed by atoms with van der Waals surface area (Å²) >= 11 is 0. The maximum atomic E-state index is 12.3. The van der Waals surface area contributed by atoms with Crippen molar-refractivity contribution in [3.8, 4) is 0 Å². The highest BCUT2D eigenvalue weighted by Crippen LogP contribution is 2.28. The van der Waals surface area contributed by atoms with Gasteiger partial charge in [-0.2, -0.15) is 0 Å². The van der Waals surface area contributed by atoms with Crippen molar-refractivity contribution < 1.29 is 4.79 Å². The molecular weight excluding hydrogens is 230 g/mol. The normalized spacial score (nSPS) is 14.6. The van der Waals surface area contributed by atoms with Gasteiger partial charge in [0.1, 0.15) is 0 Å². The van der Waals surface area contributed by atoms with E-state index < -0.39 is 0 Å². The molecular formula is C13H19N3O2. The Bertz CT molecular complexity index is 491. The minimum atomic E-state index is -0.157. The largest absolute Gasteiger partial charge is 0.336 e. The standard InChI is InChI=1S/C13H19N3O2/c1-15-8-5-10(9-12(15)17)13(18)16(7-2-6-14)11-3-4-11/h5,8-9,11H,2-4,6-7,14H2,1H3. The quantitative estimate of drug-likeness (QED) is 0.818. The number of nitrogens with two attached hydrogens (primary N) is 1. The molecule has 98 valence electrons. The van der Waals surface area contributed by atoms with Crippen LogP contribution in [0.5, 0.6) is 0 Å². The molecule has 0 aliphatic heterocycles. The second kappa shape index (κ2) is 5.35. The molecule has 5 nitrogen and oxygen atoms in total. The van der Waals surface area contributed by atoms with E-state index in [-0.39, 0.29) is 11.5 Å². The molecule has 0 bridgehead atoms. The fraction of sp³-hybridized carbons (Fsp3) is 0.538. The second-order valence-electron chi connectivity index (χ2n) is 4.74. The van der Waals surface area contributed by atoms with Crippen LogP contribution >= 0.6 is 0 Å². The Morgan fingerprint density at radius 1 is 1.56 bits per heavy atom. The lowest BCUT2D eigenvalue weighted by atomic mass is 10.2. The van der Waals surface area contributed by atoms with Crippen LogP contribution in [0.3, 0.4) is 0 Å². The third kappa shape index (κ3) is 2.79. The molecule has 0 spiro atoms. The summed E-state index contributed by atoms with van der Waals surface area (Å²) < 4.78 is 1.46. The van der Waals surface area contributed by atoms with Gasteiger partial charge in [-0.15, -0.1) is 0 Å². The second-order valence-corrected chi connectivity index (χ2v) is 4.74.